The Bertz CT molecular complexity index is 269. The molecule has 0 aliphatic heterocycles. The van der Waals surface area contributed by atoms with E-state index in [0.29, 0.717) is 6.04 Å². The predicted molar refractivity (Wildman–Crippen MR) is 83.5 cm³/mol. The van der Waals surface area contributed by atoms with Gasteiger partial charge < -0.3 is 5.32 Å². The van der Waals surface area contributed by atoms with E-state index in [1.54, 1.807) is 11.3 Å². The van der Waals surface area contributed by atoms with E-state index in [2.05, 4.69) is 36.0 Å². The molecule has 1 heterocycles. The minimum atomic E-state index is 0.611. The van der Waals surface area contributed by atoms with Crippen LogP contribution >= 0.6 is 11.3 Å². The molecule has 0 saturated heterocycles. The van der Waals surface area contributed by atoms with Gasteiger partial charge >= 0.3 is 0 Å². The zero-order valence-electron chi connectivity index (χ0n) is 12.1. The third kappa shape index (κ3) is 7.88. The summed E-state index contributed by atoms with van der Waals surface area (Å²) in [6.45, 7) is 5.75. The van der Waals surface area contributed by atoms with E-state index in [1.807, 2.05) is 0 Å². The van der Waals surface area contributed by atoms with Crippen LogP contribution in [0.5, 0.6) is 0 Å². The third-order valence-electron chi connectivity index (χ3n) is 3.40. The quantitative estimate of drug-likeness (QED) is 0.555. The Morgan fingerprint density at radius 2 is 1.83 bits per heavy atom. The molecule has 1 atom stereocenters. The number of hydrogen-bond acceptors (Lipinski definition) is 2. The van der Waals surface area contributed by atoms with Gasteiger partial charge in [0.15, 0.2) is 0 Å². The third-order valence-corrected chi connectivity index (χ3v) is 4.13. The first-order chi connectivity index (χ1) is 8.83. The second-order valence-electron chi connectivity index (χ2n) is 5.31. The number of nitrogens with one attached hydrogen (secondary N) is 1. The highest BCUT2D eigenvalue weighted by Gasteiger charge is 2.02. The van der Waals surface area contributed by atoms with E-state index in [4.69, 9.17) is 0 Å². The lowest BCUT2D eigenvalue weighted by Crippen LogP contribution is -2.28. The SMILES string of the molecule is CCCCCCCCCNC(C)Cc1ccsc1. The fraction of sp³-hybridized carbons (Fsp3) is 0.750. The monoisotopic (exact) mass is 267 g/mol. The standard InChI is InChI=1S/C16H29NS/c1-3-4-5-6-7-8-9-11-17-15(2)13-16-10-12-18-14-16/h10,12,14-15,17H,3-9,11,13H2,1-2H3. The second-order valence-corrected chi connectivity index (χ2v) is 6.09. The van der Waals surface area contributed by atoms with Crippen molar-refractivity contribution in [1.29, 1.82) is 0 Å². The molecule has 0 spiro atoms. The van der Waals surface area contributed by atoms with Gasteiger partial charge in [-0.25, -0.2) is 0 Å². The van der Waals surface area contributed by atoms with Crippen molar-refractivity contribution in [2.45, 2.75) is 71.3 Å². The van der Waals surface area contributed by atoms with Crippen LogP contribution in [0.2, 0.25) is 0 Å². The van der Waals surface area contributed by atoms with E-state index >= 15 is 0 Å². The first-order valence-corrected chi connectivity index (χ1v) is 8.51. The van der Waals surface area contributed by atoms with Crippen molar-refractivity contribution in [3.63, 3.8) is 0 Å². The minimum absolute atomic E-state index is 0.611. The average Bonchev–Trinajstić information content (AvgIpc) is 2.85. The van der Waals surface area contributed by atoms with Gasteiger partial charge in [0.1, 0.15) is 0 Å². The Hall–Kier alpha value is -0.340. The van der Waals surface area contributed by atoms with Crippen LogP contribution in [0.4, 0.5) is 0 Å². The van der Waals surface area contributed by atoms with Crippen LogP contribution in [0.3, 0.4) is 0 Å². The number of rotatable bonds is 11. The molecule has 0 aliphatic carbocycles. The molecule has 104 valence electrons. The molecule has 1 aromatic heterocycles. The highest BCUT2D eigenvalue weighted by Crippen LogP contribution is 2.09. The molecule has 1 aromatic rings. The van der Waals surface area contributed by atoms with Crippen molar-refractivity contribution >= 4 is 11.3 Å². The minimum Gasteiger partial charge on any atom is -0.314 e. The van der Waals surface area contributed by atoms with Gasteiger partial charge in [-0.1, -0.05) is 45.4 Å². The molecule has 1 unspecified atom stereocenters. The summed E-state index contributed by atoms with van der Waals surface area (Å²) in [6.07, 6.45) is 10.9. The Morgan fingerprint density at radius 3 is 2.50 bits per heavy atom. The van der Waals surface area contributed by atoms with E-state index in [1.165, 1.54) is 63.5 Å². The molecule has 1 N–H and O–H groups in total. The van der Waals surface area contributed by atoms with Gasteiger partial charge in [-0.2, -0.15) is 11.3 Å². The molecule has 0 saturated carbocycles. The average molecular weight is 267 g/mol. The summed E-state index contributed by atoms with van der Waals surface area (Å²) in [5.41, 5.74) is 1.47. The van der Waals surface area contributed by atoms with Crippen LogP contribution in [0.25, 0.3) is 0 Å². The Balaban J connectivity index is 1.88. The summed E-state index contributed by atoms with van der Waals surface area (Å²) in [5, 5.41) is 8.05. The van der Waals surface area contributed by atoms with Crippen molar-refractivity contribution in [2.75, 3.05) is 6.54 Å². The van der Waals surface area contributed by atoms with Crippen LogP contribution in [0, 0.1) is 0 Å². The highest BCUT2D eigenvalue weighted by atomic mass is 32.1. The maximum Gasteiger partial charge on any atom is 0.00794 e. The van der Waals surface area contributed by atoms with Crippen molar-refractivity contribution in [2.24, 2.45) is 0 Å². The lowest BCUT2D eigenvalue weighted by atomic mass is 10.1. The summed E-state index contributed by atoms with van der Waals surface area (Å²) in [4.78, 5) is 0. The molecule has 1 nitrogen and oxygen atoms in total. The van der Waals surface area contributed by atoms with E-state index < -0.39 is 0 Å². The van der Waals surface area contributed by atoms with Crippen LogP contribution in [0.1, 0.15) is 64.4 Å². The van der Waals surface area contributed by atoms with Gasteiger partial charge in [0.05, 0.1) is 0 Å². The Morgan fingerprint density at radius 1 is 1.11 bits per heavy atom. The molecule has 0 aromatic carbocycles. The Labute approximate surface area is 117 Å². The number of unbranched alkanes of at least 4 members (excludes halogenated alkanes) is 6. The molecule has 0 aliphatic rings. The molecular formula is C16H29NS. The molecule has 0 fully saturated rings. The smallest absolute Gasteiger partial charge is 0.00794 e. The highest BCUT2D eigenvalue weighted by molar-refractivity contribution is 7.07. The van der Waals surface area contributed by atoms with E-state index in [9.17, 15) is 0 Å². The number of thiophene rings is 1. The van der Waals surface area contributed by atoms with Gasteiger partial charge in [-0.3, -0.25) is 0 Å². The summed E-state index contributed by atoms with van der Waals surface area (Å²) in [5.74, 6) is 0. The number of hydrogen-bond donors (Lipinski definition) is 1. The molecule has 0 bridgehead atoms. The van der Waals surface area contributed by atoms with Crippen molar-refractivity contribution in [3.05, 3.63) is 22.4 Å². The maximum absolute atomic E-state index is 3.63. The zero-order valence-corrected chi connectivity index (χ0v) is 12.9. The fourth-order valence-corrected chi connectivity index (χ4v) is 2.95. The normalized spacial score (nSPS) is 12.8. The maximum atomic E-state index is 3.63. The zero-order chi connectivity index (χ0) is 13.1. The van der Waals surface area contributed by atoms with Gasteiger partial charge in [-0.05, 0) is 48.7 Å². The molecule has 1 rings (SSSR count). The lowest BCUT2D eigenvalue weighted by molar-refractivity contribution is 0.510. The lowest BCUT2D eigenvalue weighted by Gasteiger charge is -2.12. The molecule has 18 heavy (non-hydrogen) atoms. The van der Waals surface area contributed by atoms with E-state index in [0.717, 1.165) is 0 Å². The largest absolute Gasteiger partial charge is 0.314 e. The summed E-state index contributed by atoms with van der Waals surface area (Å²) < 4.78 is 0. The molecule has 0 radical (unpaired) electrons. The fourth-order valence-electron chi connectivity index (χ4n) is 2.27. The first-order valence-electron chi connectivity index (χ1n) is 7.57. The van der Waals surface area contributed by atoms with Crippen LogP contribution in [-0.4, -0.2) is 12.6 Å². The van der Waals surface area contributed by atoms with Crippen LogP contribution in [-0.2, 0) is 6.42 Å². The summed E-state index contributed by atoms with van der Waals surface area (Å²) in [7, 11) is 0. The predicted octanol–water partition coefficient (Wildman–Crippen LogP) is 5.02. The van der Waals surface area contributed by atoms with Crippen molar-refractivity contribution in [1.82, 2.24) is 5.32 Å². The Kier molecular flexibility index (Phi) is 9.23. The summed E-state index contributed by atoms with van der Waals surface area (Å²) in [6, 6.07) is 2.84. The second kappa shape index (κ2) is 10.6. The molecular weight excluding hydrogens is 238 g/mol. The van der Waals surface area contributed by atoms with Gasteiger partial charge in [0, 0.05) is 6.04 Å². The van der Waals surface area contributed by atoms with Crippen molar-refractivity contribution < 1.29 is 0 Å². The molecule has 2 heteroatoms. The molecule has 0 amide bonds. The van der Waals surface area contributed by atoms with Crippen LogP contribution < -0.4 is 5.32 Å². The van der Waals surface area contributed by atoms with Gasteiger partial charge in [-0.15, -0.1) is 0 Å². The van der Waals surface area contributed by atoms with Crippen LogP contribution in [0.15, 0.2) is 16.8 Å². The summed E-state index contributed by atoms with van der Waals surface area (Å²) >= 11 is 1.80. The first kappa shape index (κ1) is 15.7. The van der Waals surface area contributed by atoms with Gasteiger partial charge in [0.2, 0.25) is 0 Å². The van der Waals surface area contributed by atoms with Crippen molar-refractivity contribution in [3.8, 4) is 0 Å². The van der Waals surface area contributed by atoms with Gasteiger partial charge in [0.25, 0.3) is 0 Å². The van der Waals surface area contributed by atoms with E-state index in [-0.39, 0.29) is 0 Å². The topological polar surface area (TPSA) is 12.0 Å².